The Hall–Kier alpha value is -2.51. The van der Waals surface area contributed by atoms with Crippen molar-refractivity contribution >= 4 is 41.1 Å². The van der Waals surface area contributed by atoms with E-state index in [9.17, 15) is 14.4 Å². The highest BCUT2D eigenvalue weighted by Crippen LogP contribution is 2.27. The summed E-state index contributed by atoms with van der Waals surface area (Å²) in [4.78, 5) is 41.5. The molecule has 2 aromatic rings. The van der Waals surface area contributed by atoms with Crippen molar-refractivity contribution in [3.63, 3.8) is 0 Å². The van der Waals surface area contributed by atoms with Crippen molar-refractivity contribution in [1.29, 1.82) is 0 Å². The Labute approximate surface area is 185 Å². The zero-order chi connectivity index (χ0) is 21.7. The standard InChI is InChI=1S/C22H23ClN2O4S/c1-24(12-13-29-16-9-7-15(23)8-10-16)22(28)19(11-14-30-2)25-20(26)17-5-3-4-6-18(17)21(25)27/h3-10,19H,11-14H2,1-2H3/t19-/m1/s1. The highest BCUT2D eigenvalue weighted by Gasteiger charge is 2.43. The van der Waals surface area contributed by atoms with Gasteiger partial charge in [-0.2, -0.15) is 11.8 Å². The Bertz CT molecular complexity index is 900. The third-order valence-electron chi connectivity index (χ3n) is 4.90. The van der Waals surface area contributed by atoms with Gasteiger partial charge in [0.25, 0.3) is 11.8 Å². The molecule has 2 aromatic carbocycles. The van der Waals surface area contributed by atoms with Crippen molar-refractivity contribution in [2.24, 2.45) is 0 Å². The third kappa shape index (κ3) is 4.79. The number of thioether (sulfide) groups is 1. The van der Waals surface area contributed by atoms with Gasteiger partial charge in [0.1, 0.15) is 18.4 Å². The molecule has 0 bridgehead atoms. The maximum Gasteiger partial charge on any atom is 0.262 e. The van der Waals surface area contributed by atoms with Crippen LogP contribution < -0.4 is 4.74 Å². The lowest BCUT2D eigenvalue weighted by Crippen LogP contribution is -2.51. The number of halogens is 1. The van der Waals surface area contributed by atoms with E-state index < -0.39 is 17.9 Å². The zero-order valence-electron chi connectivity index (χ0n) is 16.8. The molecule has 1 heterocycles. The number of rotatable bonds is 9. The molecule has 0 saturated carbocycles. The molecule has 1 aliphatic rings. The van der Waals surface area contributed by atoms with E-state index in [1.807, 2.05) is 6.26 Å². The van der Waals surface area contributed by atoms with Crippen LogP contribution >= 0.6 is 23.4 Å². The predicted octanol–water partition coefficient (Wildman–Crippen LogP) is 3.60. The van der Waals surface area contributed by atoms with E-state index in [4.69, 9.17) is 16.3 Å². The molecule has 0 spiro atoms. The Morgan fingerprint density at radius 2 is 1.70 bits per heavy atom. The molecule has 1 aliphatic heterocycles. The van der Waals surface area contributed by atoms with Gasteiger partial charge in [0.2, 0.25) is 5.91 Å². The van der Waals surface area contributed by atoms with Crippen molar-refractivity contribution < 1.29 is 19.1 Å². The van der Waals surface area contributed by atoms with Crippen LogP contribution in [0.5, 0.6) is 5.75 Å². The smallest absolute Gasteiger partial charge is 0.262 e. The average molecular weight is 447 g/mol. The first-order chi connectivity index (χ1) is 14.4. The molecule has 0 aliphatic carbocycles. The van der Waals surface area contributed by atoms with E-state index in [0.717, 1.165) is 4.90 Å². The Morgan fingerprint density at radius 3 is 2.27 bits per heavy atom. The van der Waals surface area contributed by atoms with E-state index in [1.165, 1.54) is 4.90 Å². The number of likely N-dealkylation sites (N-methyl/N-ethyl adjacent to an activating group) is 1. The van der Waals surface area contributed by atoms with Gasteiger partial charge >= 0.3 is 0 Å². The molecule has 0 fully saturated rings. The molecule has 0 saturated heterocycles. The van der Waals surface area contributed by atoms with E-state index in [0.29, 0.717) is 40.6 Å². The van der Waals surface area contributed by atoms with Gasteiger partial charge in [-0.05, 0) is 54.8 Å². The first kappa shape index (κ1) is 22.2. The number of carbonyl (C=O) groups is 3. The summed E-state index contributed by atoms with van der Waals surface area (Å²) in [5, 5.41) is 0.618. The number of hydrogen-bond donors (Lipinski definition) is 0. The number of ether oxygens (including phenoxy) is 1. The maximum atomic E-state index is 13.2. The van der Waals surface area contributed by atoms with Gasteiger partial charge in [0.15, 0.2) is 0 Å². The molecule has 158 valence electrons. The second kappa shape index (κ2) is 10.00. The van der Waals surface area contributed by atoms with Crippen LogP contribution in [0, 0.1) is 0 Å². The highest BCUT2D eigenvalue weighted by atomic mass is 35.5. The summed E-state index contributed by atoms with van der Waals surface area (Å²) in [6.45, 7) is 0.599. The van der Waals surface area contributed by atoms with Gasteiger partial charge < -0.3 is 9.64 Å². The molecular formula is C22H23ClN2O4S. The second-order valence-electron chi connectivity index (χ2n) is 6.89. The summed E-state index contributed by atoms with van der Waals surface area (Å²) < 4.78 is 5.66. The number of nitrogens with zero attached hydrogens (tertiary/aromatic N) is 2. The summed E-state index contributed by atoms with van der Waals surface area (Å²) in [5.41, 5.74) is 0.691. The van der Waals surface area contributed by atoms with Crippen LogP contribution in [0.15, 0.2) is 48.5 Å². The minimum atomic E-state index is -0.842. The van der Waals surface area contributed by atoms with Crippen LogP contribution in [0.4, 0.5) is 0 Å². The normalized spacial score (nSPS) is 13.9. The number of fused-ring (bicyclic) bond motifs is 1. The summed E-state index contributed by atoms with van der Waals surface area (Å²) in [5.74, 6) is 0.193. The lowest BCUT2D eigenvalue weighted by molar-refractivity contribution is -0.134. The van der Waals surface area contributed by atoms with E-state index in [-0.39, 0.29) is 12.5 Å². The minimum Gasteiger partial charge on any atom is -0.492 e. The van der Waals surface area contributed by atoms with Crippen molar-refractivity contribution in [1.82, 2.24) is 9.80 Å². The fraction of sp³-hybridized carbons (Fsp3) is 0.318. The number of hydrogen-bond acceptors (Lipinski definition) is 5. The quantitative estimate of drug-likeness (QED) is 0.550. The van der Waals surface area contributed by atoms with Crippen LogP contribution in [-0.4, -0.2) is 65.8 Å². The van der Waals surface area contributed by atoms with Gasteiger partial charge in [-0.15, -0.1) is 0 Å². The fourth-order valence-electron chi connectivity index (χ4n) is 3.28. The van der Waals surface area contributed by atoms with Crippen LogP contribution in [-0.2, 0) is 4.79 Å². The van der Waals surface area contributed by atoms with E-state index in [2.05, 4.69) is 0 Å². The molecule has 6 nitrogen and oxygen atoms in total. The highest BCUT2D eigenvalue weighted by molar-refractivity contribution is 7.98. The molecule has 3 amide bonds. The Morgan fingerprint density at radius 1 is 1.10 bits per heavy atom. The van der Waals surface area contributed by atoms with Crippen LogP contribution in [0.3, 0.4) is 0 Å². The summed E-state index contributed by atoms with van der Waals surface area (Å²) in [7, 11) is 1.65. The molecule has 1 atom stereocenters. The lowest BCUT2D eigenvalue weighted by Gasteiger charge is -2.29. The average Bonchev–Trinajstić information content (AvgIpc) is 3.00. The van der Waals surface area contributed by atoms with Crippen LogP contribution in [0.1, 0.15) is 27.1 Å². The van der Waals surface area contributed by atoms with E-state index in [1.54, 1.807) is 67.3 Å². The number of benzene rings is 2. The summed E-state index contributed by atoms with van der Waals surface area (Å²) >= 11 is 7.43. The first-order valence-corrected chi connectivity index (χ1v) is 11.3. The number of carbonyl (C=O) groups excluding carboxylic acids is 3. The van der Waals surface area contributed by atoms with Crippen LogP contribution in [0.25, 0.3) is 0 Å². The van der Waals surface area contributed by atoms with Crippen LogP contribution in [0.2, 0.25) is 5.02 Å². The van der Waals surface area contributed by atoms with Crippen molar-refractivity contribution in [2.45, 2.75) is 12.5 Å². The molecule has 3 rings (SSSR count). The molecule has 0 N–H and O–H groups in total. The summed E-state index contributed by atoms with van der Waals surface area (Å²) in [6, 6.07) is 12.8. The predicted molar refractivity (Wildman–Crippen MR) is 118 cm³/mol. The molecule has 0 unspecified atom stereocenters. The van der Waals surface area contributed by atoms with Gasteiger partial charge in [-0.3, -0.25) is 19.3 Å². The van der Waals surface area contributed by atoms with Gasteiger partial charge in [-0.25, -0.2) is 0 Å². The van der Waals surface area contributed by atoms with Crippen molar-refractivity contribution in [3.05, 3.63) is 64.7 Å². The van der Waals surface area contributed by atoms with Gasteiger partial charge in [0, 0.05) is 12.1 Å². The Balaban J connectivity index is 1.68. The number of amides is 3. The third-order valence-corrected chi connectivity index (χ3v) is 5.80. The summed E-state index contributed by atoms with van der Waals surface area (Å²) in [6.07, 6.45) is 2.32. The molecule has 30 heavy (non-hydrogen) atoms. The molecular weight excluding hydrogens is 424 g/mol. The van der Waals surface area contributed by atoms with Gasteiger partial charge in [-0.1, -0.05) is 23.7 Å². The second-order valence-corrected chi connectivity index (χ2v) is 8.31. The first-order valence-electron chi connectivity index (χ1n) is 9.53. The fourth-order valence-corrected chi connectivity index (χ4v) is 3.86. The zero-order valence-corrected chi connectivity index (χ0v) is 18.4. The Kier molecular flexibility index (Phi) is 7.39. The topological polar surface area (TPSA) is 66.9 Å². The van der Waals surface area contributed by atoms with Gasteiger partial charge in [0.05, 0.1) is 17.7 Å². The molecule has 8 heteroatoms. The minimum absolute atomic E-state index is 0.279. The van der Waals surface area contributed by atoms with Crippen molar-refractivity contribution in [3.8, 4) is 5.75 Å². The van der Waals surface area contributed by atoms with E-state index >= 15 is 0 Å². The number of imide groups is 1. The molecule has 0 radical (unpaired) electrons. The lowest BCUT2D eigenvalue weighted by atomic mass is 10.1. The largest absolute Gasteiger partial charge is 0.492 e. The van der Waals surface area contributed by atoms with Crippen molar-refractivity contribution in [2.75, 3.05) is 32.2 Å². The SMILES string of the molecule is CSCC[C@H](C(=O)N(C)CCOc1ccc(Cl)cc1)N1C(=O)c2ccccc2C1=O. The maximum absolute atomic E-state index is 13.2. The molecule has 0 aromatic heterocycles. The monoisotopic (exact) mass is 446 g/mol.